The lowest BCUT2D eigenvalue weighted by atomic mass is 10.0. The molecule has 4 rings (SSSR count). The topological polar surface area (TPSA) is 121 Å². The number of rotatable bonds is 3. The molecule has 10 heteroatoms. The maximum absolute atomic E-state index is 13.1. The minimum absolute atomic E-state index is 0.0113. The third kappa shape index (κ3) is 3.02. The number of nitrogens with one attached hydrogen (secondary N) is 1. The first-order valence-electron chi connectivity index (χ1n) is 9.07. The highest BCUT2D eigenvalue weighted by Gasteiger charge is 2.42. The van der Waals surface area contributed by atoms with Gasteiger partial charge in [0.2, 0.25) is 21.8 Å². The van der Waals surface area contributed by atoms with E-state index in [1.165, 1.54) is 21.3 Å². The molecule has 0 spiro atoms. The van der Waals surface area contributed by atoms with E-state index >= 15 is 0 Å². The van der Waals surface area contributed by atoms with Crippen LogP contribution in [0.1, 0.15) is 41.6 Å². The van der Waals surface area contributed by atoms with Gasteiger partial charge in [0, 0.05) is 50.0 Å². The number of carbonyl (C=O) groups excluding carboxylic acids is 4. The Bertz CT molecular complexity index is 993. The number of amides is 3. The lowest BCUT2D eigenvalue weighted by Gasteiger charge is -2.29. The SMILES string of the molecule is O=C1CCN(S(=O)(=O)c2cccc3c2CN(C2CCC(=O)NC2=O)C3=O)CC1. The average Bonchev–Trinajstić information content (AvgIpc) is 2.99. The predicted molar refractivity (Wildman–Crippen MR) is 95.5 cm³/mol. The van der Waals surface area contributed by atoms with Crippen molar-refractivity contribution in [2.24, 2.45) is 0 Å². The quantitative estimate of drug-likeness (QED) is 0.696. The fourth-order valence-electron chi connectivity index (χ4n) is 3.91. The summed E-state index contributed by atoms with van der Waals surface area (Å²) in [5.41, 5.74) is 0.605. The summed E-state index contributed by atoms with van der Waals surface area (Å²) in [4.78, 5) is 49.2. The molecular weight excluding hydrogens is 386 g/mol. The van der Waals surface area contributed by atoms with E-state index < -0.39 is 27.9 Å². The Hall–Kier alpha value is -2.59. The zero-order chi connectivity index (χ0) is 20.1. The van der Waals surface area contributed by atoms with Crippen molar-refractivity contribution >= 4 is 33.5 Å². The van der Waals surface area contributed by atoms with Crippen LogP contribution in [0, 0.1) is 0 Å². The van der Waals surface area contributed by atoms with Gasteiger partial charge in [0.1, 0.15) is 11.8 Å². The van der Waals surface area contributed by atoms with Crippen molar-refractivity contribution in [2.45, 2.75) is 43.2 Å². The van der Waals surface area contributed by atoms with Gasteiger partial charge in [-0.15, -0.1) is 0 Å². The van der Waals surface area contributed by atoms with Crippen molar-refractivity contribution < 1.29 is 27.6 Å². The highest BCUT2D eigenvalue weighted by molar-refractivity contribution is 7.89. The zero-order valence-corrected chi connectivity index (χ0v) is 15.8. The van der Waals surface area contributed by atoms with Crippen molar-refractivity contribution in [3.8, 4) is 0 Å². The second-order valence-corrected chi connectivity index (χ2v) is 9.03. The molecule has 9 nitrogen and oxygen atoms in total. The van der Waals surface area contributed by atoms with Gasteiger partial charge in [0.25, 0.3) is 5.91 Å². The van der Waals surface area contributed by atoms with Crippen LogP contribution < -0.4 is 5.32 Å². The van der Waals surface area contributed by atoms with E-state index in [1.54, 1.807) is 6.07 Å². The number of ketones is 1. The molecule has 3 aliphatic rings. The Morgan fingerprint density at radius 1 is 1.00 bits per heavy atom. The van der Waals surface area contributed by atoms with Gasteiger partial charge in [-0.3, -0.25) is 24.5 Å². The number of benzene rings is 1. The van der Waals surface area contributed by atoms with Crippen LogP contribution >= 0.6 is 0 Å². The zero-order valence-electron chi connectivity index (χ0n) is 15.0. The molecule has 0 aliphatic carbocycles. The highest BCUT2D eigenvalue weighted by atomic mass is 32.2. The highest BCUT2D eigenvalue weighted by Crippen LogP contribution is 2.33. The molecule has 3 heterocycles. The minimum atomic E-state index is -3.86. The molecule has 2 fully saturated rings. The van der Waals surface area contributed by atoms with Crippen LogP contribution in [0.15, 0.2) is 23.1 Å². The lowest BCUT2D eigenvalue weighted by molar-refractivity contribution is -0.137. The molecule has 28 heavy (non-hydrogen) atoms. The number of carbonyl (C=O) groups is 4. The molecule has 3 aliphatic heterocycles. The van der Waals surface area contributed by atoms with Gasteiger partial charge in [0.05, 0.1) is 4.90 Å². The summed E-state index contributed by atoms with van der Waals surface area (Å²) in [6, 6.07) is 3.70. The number of nitrogens with zero attached hydrogens (tertiary/aromatic N) is 2. The van der Waals surface area contributed by atoms with E-state index in [0.29, 0.717) is 5.56 Å². The summed E-state index contributed by atoms with van der Waals surface area (Å²) in [5.74, 6) is -1.32. The number of Topliss-reactive ketones (excluding diaryl/α,β-unsaturated/α-hetero) is 1. The summed E-state index contributed by atoms with van der Waals surface area (Å²) < 4.78 is 27.5. The van der Waals surface area contributed by atoms with Crippen molar-refractivity contribution in [1.29, 1.82) is 0 Å². The van der Waals surface area contributed by atoms with Crippen molar-refractivity contribution in [3.63, 3.8) is 0 Å². The fourth-order valence-corrected chi connectivity index (χ4v) is 5.59. The number of piperidine rings is 2. The Kier molecular flexibility index (Phi) is 4.54. The molecule has 3 amide bonds. The molecule has 1 atom stereocenters. The molecule has 0 radical (unpaired) electrons. The maximum Gasteiger partial charge on any atom is 0.255 e. The average molecular weight is 405 g/mol. The smallest absolute Gasteiger partial charge is 0.255 e. The Morgan fingerprint density at radius 2 is 1.71 bits per heavy atom. The van der Waals surface area contributed by atoms with E-state index in [9.17, 15) is 27.6 Å². The molecule has 0 bridgehead atoms. The molecule has 0 saturated carbocycles. The maximum atomic E-state index is 13.1. The normalized spacial score (nSPS) is 23.7. The van der Waals surface area contributed by atoms with Gasteiger partial charge in [0.15, 0.2) is 0 Å². The molecule has 0 aromatic heterocycles. The first-order valence-corrected chi connectivity index (χ1v) is 10.5. The van der Waals surface area contributed by atoms with Gasteiger partial charge in [-0.2, -0.15) is 4.31 Å². The summed E-state index contributed by atoms with van der Waals surface area (Å²) in [7, 11) is -3.86. The van der Waals surface area contributed by atoms with Crippen LogP contribution in [0.4, 0.5) is 0 Å². The van der Waals surface area contributed by atoms with Crippen molar-refractivity contribution in [3.05, 3.63) is 29.3 Å². The Labute approximate surface area is 161 Å². The second kappa shape index (κ2) is 6.78. The molecule has 2 saturated heterocycles. The summed E-state index contributed by atoms with van der Waals surface area (Å²) >= 11 is 0. The molecule has 1 aromatic carbocycles. The van der Waals surface area contributed by atoms with E-state index in [2.05, 4.69) is 5.32 Å². The minimum Gasteiger partial charge on any atom is -0.322 e. The third-order valence-electron chi connectivity index (χ3n) is 5.44. The van der Waals surface area contributed by atoms with Gasteiger partial charge in [-0.1, -0.05) is 6.07 Å². The van der Waals surface area contributed by atoms with Crippen molar-refractivity contribution in [2.75, 3.05) is 13.1 Å². The largest absolute Gasteiger partial charge is 0.322 e. The van der Waals surface area contributed by atoms with E-state index in [-0.39, 0.29) is 67.5 Å². The summed E-state index contributed by atoms with van der Waals surface area (Å²) in [5, 5.41) is 2.22. The van der Waals surface area contributed by atoms with Crippen molar-refractivity contribution in [1.82, 2.24) is 14.5 Å². The number of imide groups is 1. The molecular formula is C18H19N3O6S. The molecule has 148 valence electrons. The van der Waals surface area contributed by atoms with E-state index in [4.69, 9.17) is 0 Å². The van der Waals surface area contributed by atoms with Crippen LogP contribution in [0.2, 0.25) is 0 Å². The first kappa shape index (κ1) is 18.8. The van der Waals surface area contributed by atoms with E-state index in [1.807, 2.05) is 0 Å². The van der Waals surface area contributed by atoms with Gasteiger partial charge in [-0.05, 0) is 18.6 Å². The van der Waals surface area contributed by atoms with Gasteiger partial charge in [-0.25, -0.2) is 8.42 Å². The standard InChI is InChI=1S/C18H19N3O6S/c22-11-6-8-20(9-7-11)28(26,27)15-3-1-2-12-13(15)10-21(18(12)25)14-4-5-16(23)19-17(14)24/h1-3,14H,4-10H2,(H,19,23,24). The summed E-state index contributed by atoms with van der Waals surface area (Å²) in [6.07, 6.45) is 0.690. The van der Waals surface area contributed by atoms with Crippen LogP contribution in [0.5, 0.6) is 0 Å². The Balaban J connectivity index is 1.66. The van der Waals surface area contributed by atoms with Gasteiger partial charge >= 0.3 is 0 Å². The molecule has 1 unspecified atom stereocenters. The molecule has 1 aromatic rings. The van der Waals surface area contributed by atoms with Gasteiger partial charge < -0.3 is 4.90 Å². The number of fused-ring (bicyclic) bond motifs is 1. The predicted octanol–water partition coefficient (Wildman–Crippen LogP) is -0.199. The van der Waals surface area contributed by atoms with Crippen LogP contribution in [-0.2, 0) is 31.0 Å². The first-order chi connectivity index (χ1) is 13.3. The number of hydrogen-bond donors (Lipinski definition) is 1. The third-order valence-corrected chi connectivity index (χ3v) is 7.42. The molecule has 1 N–H and O–H groups in total. The second-order valence-electron chi connectivity index (χ2n) is 7.12. The lowest BCUT2D eigenvalue weighted by Crippen LogP contribution is -2.52. The number of sulfonamides is 1. The Morgan fingerprint density at radius 3 is 2.39 bits per heavy atom. The fraction of sp³-hybridized carbons (Fsp3) is 0.444. The summed E-state index contributed by atoms with van der Waals surface area (Å²) in [6.45, 7) is 0.230. The van der Waals surface area contributed by atoms with Crippen LogP contribution in [-0.4, -0.2) is 60.3 Å². The van der Waals surface area contributed by atoms with Crippen LogP contribution in [0.3, 0.4) is 0 Å². The van der Waals surface area contributed by atoms with E-state index in [0.717, 1.165) is 0 Å². The number of hydrogen-bond acceptors (Lipinski definition) is 6. The monoisotopic (exact) mass is 405 g/mol. The van der Waals surface area contributed by atoms with Crippen LogP contribution in [0.25, 0.3) is 0 Å².